The van der Waals surface area contributed by atoms with Crippen LogP contribution in [0.1, 0.15) is 61.9 Å². The molecule has 1 N–H and O–H groups in total. The third kappa shape index (κ3) is 5.82. The van der Waals surface area contributed by atoms with Gasteiger partial charge in [0, 0.05) is 37.0 Å². The molecule has 0 saturated heterocycles. The van der Waals surface area contributed by atoms with E-state index in [-0.39, 0.29) is 36.5 Å². The van der Waals surface area contributed by atoms with Crippen molar-refractivity contribution in [2.24, 2.45) is 0 Å². The van der Waals surface area contributed by atoms with Crippen molar-refractivity contribution in [1.82, 2.24) is 10.2 Å². The Labute approximate surface area is 217 Å². The summed E-state index contributed by atoms with van der Waals surface area (Å²) in [7, 11) is 0. The average molecular weight is 504 g/mol. The van der Waals surface area contributed by atoms with E-state index in [1.165, 1.54) is 12.1 Å². The summed E-state index contributed by atoms with van der Waals surface area (Å²) in [6.07, 6.45) is 2.95. The van der Waals surface area contributed by atoms with Gasteiger partial charge in [-0.3, -0.25) is 14.4 Å². The summed E-state index contributed by atoms with van der Waals surface area (Å²) < 4.78 is 13.5. The topological polar surface area (TPSA) is 69.7 Å². The fourth-order valence-corrected chi connectivity index (χ4v) is 4.95. The van der Waals surface area contributed by atoms with Gasteiger partial charge in [0.15, 0.2) is 0 Å². The number of benzene rings is 3. The van der Waals surface area contributed by atoms with Gasteiger partial charge in [0.25, 0.3) is 5.91 Å². The summed E-state index contributed by atoms with van der Waals surface area (Å²) in [4.78, 5) is 42.9. The molecule has 1 aliphatic rings. The van der Waals surface area contributed by atoms with Crippen molar-refractivity contribution in [2.75, 3.05) is 18.0 Å². The molecule has 3 aromatic carbocycles. The Balaban J connectivity index is 1.46. The number of hydrogen-bond acceptors (Lipinski definition) is 3. The van der Waals surface area contributed by atoms with Gasteiger partial charge in [-0.15, -0.1) is 0 Å². The van der Waals surface area contributed by atoms with Gasteiger partial charge < -0.3 is 15.1 Å². The molecule has 6 nitrogen and oxygen atoms in total. The molecule has 1 aliphatic heterocycles. The molecular weight excluding hydrogens is 469 g/mol. The highest BCUT2D eigenvalue weighted by Crippen LogP contribution is 2.37. The van der Waals surface area contributed by atoms with Gasteiger partial charge in [-0.1, -0.05) is 56.7 Å². The summed E-state index contributed by atoms with van der Waals surface area (Å²) in [6.45, 7) is 5.12. The van der Waals surface area contributed by atoms with Crippen LogP contribution in [0.25, 0.3) is 10.8 Å². The largest absolute Gasteiger partial charge is 0.354 e. The minimum Gasteiger partial charge on any atom is -0.354 e. The molecule has 7 heteroatoms. The number of halogens is 1. The standard InChI is InChI=1S/C30H34FN3O3/c1-3-5-18-32-29(36)25(4-2)34(20-21-14-16-23(31)17-15-21)27(35)13-8-19-33-26-12-7-10-22-9-6-11-24(28(22)26)30(33)37/h6-7,9-12,14-17,25H,3-5,8,13,18-20H2,1-2H3,(H,32,36)/t25-/m0/s1. The maximum atomic E-state index is 13.5. The number of unbranched alkanes of at least 4 members (excludes halogenated alkanes) is 1. The van der Waals surface area contributed by atoms with Gasteiger partial charge in [-0.2, -0.15) is 0 Å². The van der Waals surface area contributed by atoms with Crippen LogP contribution in [-0.2, 0) is 16.1 Å². The number of amides is 3. The van der Waals surface area contributed by atoms with Crippen molar-refractivity contribution in [3.05, 3.63) is 77.6 Å². The van der Waals surface area contributed by atoms with Crippen LogP contribution in [0.15, 0.2) is 60.7 Å². The van der Waals surface area contributed by atoms with Gasteiger partial charge in [-0.05, 0) is 54.5 Å². The Hall–Kier alpha value is -3.74. The molecule has 0 fully saturated rings. The lowest BCUT2D eigenvalue weighted by atomic mass is 10.1. The number of carbonyl (C=O) groups excluding carboxylic acids is 3. The monoisotopic (exact) mass is 503 g/mol. The number of rotatable bonds is 12. The highest BCUT2D eigenvalue weighted by Gasteiger charge is 2.31. The molecule has 1 heterocycles. The van der Waals surface area contributed by atoms with Crippen LogP contribution in [0, 0.1) is 5.82 Å². The molecule has 4 rings (SSSR count). The van der Waals surface area contributed by atoms with E-state index in [1.54, 1.807) is 21.9 Å². The second-order valence-electron chi connectivity index (χ2n) is 9.46. The summed E-state index contributed by atoms with van der Waals surface area (Å²) in [5.74, 6) is -0.742. The van der Waals surface area contributed by atoms with Crippen LogP contribution in [0.2, 0.25) is 0 Å². The van der Waals surface area contributed by atoms with E-state index >= 15 is 0 Å². The normalized spacial score (nSPS) is 13.2. The zero-order valence-electron chi connectivity index (χ0n) is 21.5. The molecule has 0 radical (unpaired) electrons. The molecular formula is C30H34FN3O3. The van der Waals surface area contributed by atoms with Crippen LogP contribution >= 0.6 is 0 Å². The second-order valence-corrected chi connectivity index (χ2v) is 9.46. The van der Waals surface area contributed by atoms with E-state index in [9.17, 15) is 18.8 Å². The SMILES string of the molecule is CCCCNC(=O)[C@H](CC)N(Cc1ccc(F)cc1)C(=O)CCCN1C(=O)c2cccc3cccc1c23. The first-order valence-electron chi connectivity index (χ1n) is 13.1. The fourth-order valence-electron chi connectivity index (χ4n) is 4.95. The average Bonchev–Trinajstić information content (AvgIpc) is 3.18. The summed E-state index contributed by atoms with van der Waals surface area (Å²) in [6, 6.07) is 17.0. The van der Waals surface area contributed by atoms with Gasteiger partial charge in [0.05, 0.1) is 5.69 Å². The third-order valence-corrected chi connectivity index (χ3v) is 6.90. The number of nitrogens with one attached hydrogen (secondary N) is 1. The van der Waals surface area contributed by atoms with Crippen LogP contribution in [0.3, 0.4) is 0 Å². The lowest BCUT2D eigenvalue weighted by molar-refractivity contribution is -0.141. The molecule has 37 heavy (non-hydrogen) atoms. The molecule has 1 atom stereocenters. The molecule has 194 valence electrons. The zero-order valence-corrected chi connectivity index (χ0v) is 21.5. The third-order valence-electron chi connectivity index (χ3n) is 6.90. The molecule has 0 aromatic heterocycles. The Kier molecular flexibility index (Phi) is 8.54. The minimum absolute atomic E-state index is 0.0517. The molecule has 3 amide bonds. The molecule has 0 unspecified atom stereocenters. The summed E-state index contributed by atoms with van der Waals surface area (Å²) in [5.41, 5.74) is 2.31. The smallest absolute Gasteiger partial charge is 0.258 e. The Morgan fingerprint density at radius 2 is 1.73 bits per heavy atom. The number of hydrogen-bond donors (Lipinski definition) is 1. The lowest BCUT2D eigenvalue weighted by Gasteiger charge is -2.31. The predicted octanol–water partition coefficient (Wildman–Crippen LogP) is 5.44. The van der Waals surface area contributed by atoms with E-state index in [0.29, 0.717) is 31.5 Å². The maximum Gasteiger partial charge on any atom is 0.258 e. The Morgan fingerprint density at radius 3 is 2.43 bits per heavy atom. The first-order chi connectivity index (χ1) is 17.9. The molecule has 3 aromatic rings. The van der Waals surface area contributed by atoms with Crippen LogP contribution in [0.5, 0.6) is 0 Å². The van der Waals surface area contributed by atoms with Crippen molar-refractivity contribution in [1.29, 1.82) is 0 Å². The van der Waals surface area contributed by atoms with E-state index in [2.05, 4.69) is 12.2 Å². The number of carbonyl (C=O) groups is 3. The van der Waals surface area contributed by atoms with Gasteiger partial charge in [0.1, 0.15) is 11.9 Å². The quantitative estimate of drug-likeness (QED) is 0.335. The first-order valence-corrected chi connectivity index (χ1v) is 13.1. The van der Waals surface area contributed by atoms with E-state index < -0.39 is 6.04 Å². The Bertz CT molecular complexity index is 1270. The van der Waals surface area contributed by atoms with Crippen LogP contribution < -0.4 is 10.2 Å². The molecule has 0 aliphatic carbocycles. The van der Waals surface area contributed by atoms with Crippen molar-refractivity contribution >= 4 is 34.2 Å². The summed E-state index contributed by atoms with van der Waals surface area (Å²) in [5, 5.41) is 4.92. The second kappa shape index (κ2) is 12.0. The van der Waals surface area contributed by atoms with Crippen LogP contribution in [-0.4, -0.2) is 41.8 Å². The number of nitrogens with zero attached hydrogens (tertiary/aromatic N) is 2. The lowest BCUT2D eigenvalue weighted by Crippen LogP contribution is -2.49. The highest BCUT2D eigenvalue weighted by molar-refractivity contribution is 6.25. The van der Waals surface area contributed by atoms with Gasteiger partial charge in [-0.25, -0.2) is 4.39 Å². The van der Waals surface area contributed by atoms with Crippen molar-refractivity contribution < 1.29 is 18.8 Å². The van der Waals surface area contributed by atoms with Crippen molar-refractivity contribution in [3.63, 3.8) is 0 Å². The maximum absolute atomic E-state index is 13.5. The van der Waals surface area contributed by atoms with E-state index in [1.807, 2.05) is 43.3 Å². The highest BCUT2D eigenvalue weighted by atomic mass is 19.1. The van der Waals surface area contributed by atoms with E-state index in [0.717, 1.165) is 34.9 Å². The van der Waals surface area contributed by atoms with Crippen molar-refractivity contribution in [3.8, 4) is 0 Å². The minimum atomic E-state index is -0.624. The first kappa shape index (κ1) is 26.3. The molecule has 0 saturated carbocycles. The molecule has 0 bridgehead atoms. The predicted molar refractivity (Wildman–Crippen MR) is 144 cm³/mol. The summed E-state index contributed by atoms with van der Waals surface area (Å²) >= 11 is 0. The van der Waals surface area contributed by atoms with Gasteiger partial charge >= 0.3 is 0 Å². The number of anilines is 1. The van der Waals surface area contributed by atoms with Gasteiger partial charge in [0.2, 0.25) is 11.8 Å². The zero-order chi connectivity index (χ0) is 26.4. The van der Waals surface area contributed by atoms with E-state index in [4.69, 9.17) is 0 Å². The fraction of sp³-hybridized carbons (Fsp3) is 0.367. The van der Waals surface area contributed by atoms with Crippen LogP contribution in [0.4, 0.5) is 10.1 Å². The van der Waals surface area contributed by atoms with Crippen molar-refractivity contribution in [2.45, 2.75) is 58.5 Å². The Morgan fingerprint density at radius 1 is 1.00 bits per heavy atom. The molecule has 0 spiro atoms.